The van der Waals surface area contributed by atoms with Gasteiger partial charge in [0.2, 0.25) is 11.8 Å². The number of aromatic amines is 5. The Morgan fingerprint density at radius 1 is 0.448 bits per heavy atom. The number of nitrogens with zero attached hydrogens (tertiary/aromatic N) is 11. The summed E-state index contributed by atoms with van der Waals surface area (Å²) < 4.78 is 112. The van der Waals surface area contributed by atoms with E-state index in [1.807, 2.05) is 24.3 Å². The number of aromatic nitrogens is 14. The van der Waals surface area contributed by atoms with Gasteiger partial charge in [-0.25, -0.2) is 45.1 Å². The third-order valence-corrected chi connectivity index (χ3v) is 20.3. The van der Waals surface area contributed by atoms with Crippen LogP contribution in [-0.4, -0.2) is 164 Å². The van der Waals surface area contributed by atoms with E-state index < -0.39 is 29.2 Å². The number of piperazine rings is 1. The molecule has 22 nitrogen and oxygen atoms in total. The lowest BCUT2D eigenvalue weighted by Crippen LogP contribution is -2.47. The molecule has 8 aromatic carbocycles. The van der Waals surface area contributed by atoms with Gasteiger partial charge in [0.05, 0.1) is 73.9 Å². The first kappa shape index (κ1) is 80.0. The van der Waals surface area contributed by atoms with Gasteiger partial charge >= 0.3 is 0 Å². The molecule has 17 rings (SSSR count). The van der Waals surface area contributed by atoms with Gasteiger partial charge in [-0.15, -0.1) is 11.6 Å². The van der Waals surface area contributed by atoms with E-state index in [1.54, 1.807) is 103 Å². The molecule has 3 aliphatic heterocycles. The fourth-order valence-electron chi connectivity index (χ4n) is 13.6. The van der Waals surface area contributed by atoms with Crippen molar-refractivity contribution in [3.63, 3.8) is 0 Å². The second-order valence-corrected chi connectivity index (χ2v) is 28.5. The van der Waals surface area contributed by atoms with Gasteiger partial charge in [0.1, 0.15) is 64.1 Å². The van der Waals surface area contributed by atoms with E-state index >= 15 is 0 Å². The highest BCUT2D eigenvalue weighted by atomic mass is 35.5. The summed E-state index contributed by atoms with van der Waals surface area (Å²) >= 11 is 5.45. The van der Waals surface area contributed by atoms with Crippen LogP contribution in [0.1, 0.15) is 88.3 Å². The van der Waals surface area contributed by atoms with E-state index in [9.17, 15) is 44.7 Å². The molecule has 3 aliphatic rings. The Morgan fingerprint density at radius 2 is 0.862 bits per heavy atom. The molecule has 3 saturated heterocycles. The lowest BCUT2D eigenvalue weighted by Gasteiger charge is -2.31. The largest absolute Gasteiger partial charge is 0.323 e. The average molecular weight is 1600 g/mol. The molecule has 0 aliphatic carbocycles. The number of nitrogens with one attached hydrogen (secondary N) is 9. The number of anilines is 2. The van der Waals surface area contributed by atoms with E-state index in [0.29, 0.717) is 90.2 Å². The van der Waals surface area contributed by atoms with E-state index in [-0.39, 0.29) is 53.0 Å². The molecule has 9 heterocycles. The fourth-order valence-corrected chi connectivity index (χ4v) is 13.7. The maximum absolute atomic E-state index is 14.8. The number of halogens is 9. The Hall–Kier alpha value is -12.6. The molecule has 0 radical (unpaired) electrons. The van der Waals surface area contributed by atoms with Crippen LogP contribution in [0.4, 0.5) is 46.5 Å². The van der Waals surface area contributed by atoms with Crippen LogP contribution >= 0.6 is 11.6 Å². The maximum atomic E-state index is 14.8. The number of carbonyl (C=O) groups is 2. The van der Waals surface area contributed by atoms with Gasteiger partial charge in [-0.05, 0) is 184 Å². The van der Waals surface area contributed by atoms with Gasteiger partial charge in [-0.3, -0.25) is 44.7 Å². The number of alkyl halides is 1. The van der Waals surface area contributed by atoms with Gasteiger partial charge in [-0.2, -0.15) is 30.6 Å². The Labute approximate surface area is 664 Å². The van der Waals surface area contributed by atoms with Crippen molar-refractivity contribution in [3.8, 4) is 22.8 Å². The lowest BCUT2D eigenvalue weighted by atomic mass is 9.94. The molecule has 14 aromatic rings. The molecule has 0 unspecified atom stereocenters. The Balaban J connectivity index is 0.000000128. The van der Waals surface area contributed by atoms with E-state index in [1.165, 1.54) is 78.9 Å². The van der Waals surface area contributed by atoms with Crippen LogP contribution in [0, 0.1) is 52.5 Å². The molecular weight excluding hydrogens is 1520 g/mol. The summed E-state index contributed by atoms with van der Waals surface area (Å²) in [5, 5.41) is 54.8. The second kappa shape index (κ2) is 37.1. The monoisotopic (exact) mass is 1600 g/mol. The number of aryl methyl sites for hydroxylation is 1. The molecule has 0 bridgehead atoms. The van der Waals surface area contributed by atoms with E-state index in [2.05, 4.69) is 104 Å². The van der Waals surface area contributed by atoms with E-state index in [0.717, 1.165) is 129 Å². The molecule has 116 heavy (non-hydrogen) atoms. The third-order valence-electron chi connectivity index (χ3n) is 20.0. The van der Waals surface area contributed by atoms with Crippen LogP contribution in [0.3, 0.4) is 0 Å². The SMILES string of the molecule is CN1CCN(CC(=O)Nc2cc3c(/C=C/c4ccc(F)cc4)n[nH]c3cc2F)CC1.Cn1nc(/C=C/c2ccc(F)cc2)c2cc(NC(=O)CCl)c(F)cc21.Fc1ccc(/C=C/c2n[nH]c3cc(F)c(-c4n[nH]c(C5CCNCC5)n4)cc23)cc1.Fc1ccc(/C=C/c2n[nH]c3cc(F)c(-c4n[nH]c(CC5CCNCC5)n4)cc23)cc1. The number of rotatable bonds is 18. The number of likely N-dealkylation sites (N-methyl/N-ethyl adjacent to an activating group) is 1. The zero-order chi connectivity index (χ0) is 80.8. The molecule has 0 saturated carbocycles. The second-order valence-electron chi connectivity index (χ2n) is 28.2. The number of fused-ring (bicyclic) bond motifs is 4. The van der Waals surface area contributed by atoms with Crippen LogP contribution in [-0.2, 0) is 23.1 Å². The van der Waals surface area contributed by atoms with Gasteiger partial charge in [0.25, 0.3) is 0 Å². The number of amides is 2. The van der Waals surface area contributed by atoms with Crippen molar-refractivity contribution in [2.24, 2.45) is 13.0 Å². The molecule has 0 atom stereocenters. The van der Waals surface area contributed by atoms with Crippen molar-refractivity contribution in [1.82, 2.24) is 91.2 Å². The quantitative estimate of drug-likeness (QED) is 0.0286. The van der Waals surface area contributed by atoms with Gasteiger partial charge in [-0.1, -0.05) is 72.8 Å². The fraction of sp³-hybridized carbons (Fsp3) is 0.224. The number of H-pyrrole nitrogens is 5. The predicted molar refractivity (Wildman–Crippen MR) is 437 cm³/mol. The van der Waals surface area contributed by atoms with Crippen LogP contribution in [0.25, 0.3) is 115 Å². The predicted octanol–water partition coefficient (Wildman–Crippen LogP) is 16.0. The standard InChI is InChI=1S/C23H22F2N6.C22H20F2N6.C22H23F2N5O.C18H14ClF2N3O/c24-16-4-1-14(2-5-16)3-6-20-18-12-17(19(25)13-21(18)29-28-20)23-27-22(30-31-23)11-15-7-9-26-10-8-15;23-15-4-1-13(2-5-15)3-6-19-17-11-16(18(24)12-20(17)28-27-19)22-26-21(29-30-22)14-7-9-25-10-8-14;1-28-8-10-29(11-9-28)14-22(30)25-21-12-17-19(26-27-20(17)13-18(21)24)7-4-15-2-5-16(23)6-3-15;1-24-17-9-14(21)16(22-18(25)10-19)8-13(17)15(23-24)7-4-11-2-5-12(20)6-3-11/h1-6,12-13,15,26H,7-11H2,(H,28,29)(H,27,30,31);1-6,11-12,14,25H,7-10H2,(H,27,28)(H,26,29,30);2-7,12-13H,8-11,14H2,1H3,(H,25,30)(H,26,27);2-9H,10H2,1H3,(H,22,25)/b2*6-3+;2*7-4+. The smallest absolute Gasteiger partial charge is 0.239 e. The molecule has 6 aromatic heterocycles. The molecule has 2 amide bonds. The van der Waals surface area contributed by atoms with Gasteiger partial charge in [0, 0.05) is 91.4 Å². The number of benzene rings is 8. The molecule has 9 N–H and O–H groups in total. The number of hydrogen-bond donors (Lipinski definition) is 9. The molecule has 594 valence electrons. The summed E-state index contributed by atoms with van der Waals surface area (Å²) in [5.41, 5.74) is 8.94. The van der Waals surface area contributed by atoms with Gasteiger partial charge < -0.3 is 26.2 Å². The van der Waals surface area contributed by atoms with Crippen molar-refractivity contribution in [1.29, 1.82) is 0 Å². The number of carbonyl (C=O) groups excluding carboxylic acids is 2. The Bertz CT molecular complexity index is 5890. The molecule has 3 fully saturated rings. The normalized spacial score (nSPS) is 14.6. The van der Waals surface area contributed by atoms with Crippen LogP contribution in [0.15, 0.2) is 146 Å². The summed E-state index contributed by atoms with van der Waals surface area (Å²) in [4.78, 5) is 37.2. The zero-order valence-electron chi connectivity index (χ0n) is 62.9. The van der Waals surface area contributed by atoms with Crippen molar-refractivity contribution < 1.29 is 44.7 Å². The van der Waals surface area contributed by atoms with Crippen molar-refractivity contribution >= 4 is 127 Å². The molecule has 0 spiro atoms. The summed E-state index contributed by atoms with van der Waals surface area (Å²) in [6.45, 7) is 7.60. The molecular formula is C85H79ClF8N20O2. The zero-order valence-corrected chi connectivity index (χ0v) is 63.6. The van der Waals surface area contributed by atoms with E-state index in [4.69, 9.17) is 11.6 Å². The lowest BCUT2D eigenvalue weighted by molar-refractivity contribution is -0.117. The minimum Gasteiger partial charge on any atom is -0.323 e. The third kappa shape index (κ3) is 20.3. The van der Waals surface area contributed by atoms with Crippen molar-refractivity contribution in [3.05, 3.63) is 249 Å². The minimum absolute atomic E-state index is 0.0441. The first-order valence-corrected chi connectivity index (χ1v) is 38.1. The number of hydrogen-bond acceptors (Lipinski definition) is 14. The highest BCUT2D eigenvalue weighted by Crippen LogP contribution is 2.34. The Kier molecular flexibility index (Phi) is 25.6. The van der Waals surface area contributed by atoms with Crippen LogP contribution in [0.2, 0.25) is 0 Å². The summed E-state index contributed by atoms with van der Waals surface area (Å²) in [6.07, 6.45) is 19.4. The maximum Gasteiger partial charge on any atom is 0.239 e. The van der Waals surface area contributed by atoms with Gasteiger partial charge in [0.15, 0.2) is 11.6 Å². The van der Waals surface area contributed by atoms with Crippen LogP contribution in [0.5, 0.6) is 0 Å². The topological polar surface area (TPSA) is 276 Å². The highest BCUT2D eigenvalue weighted by molar-refractivity contribution is 6.29. The first-order valence-electron chi connectivity index (χ1n) is 37.5. The average Bonchev–Trinajstić information content (AvgIpc) is 1.61. The minimum atomic E-state index is -0.567. The summed E-state index contributed by atoms with van der Waals surface area (Å²) in [5.74, 6) is -0.937. The summed E-state index contributed by atoms with van der Waals surface area (Å²) in [6, 6.07) is 36.4. The molecule has 31 heteroatoms. The first-order chi connectivity index (χ1) is 56.3. The summed E-state index contributed by atoms with van der Waals surface area (Å²) in [7, 11) is 3.75. The van der Waals surface area contributed by atoms with Crippen molar-refractivity contribution in [2.75, 3.05) is 82.5 Å². The highest BCUT2D eigenvalue weighted by Gasteiger charge is 2.25. The van der Waals surface area contributed by atoms with Crippen molar-refractivity contribution in [2.45, 2.75) is 38.0 Å². The van der Waals surface area contributed by atoms with Crippen LogP contribution < -0.4 is 21.3 Å². The Morgan fingerprint density at radius 3 is 1.34 bits per heavy atom. The number of piperidine rings is 2.